The largest absolute Gasteiger partial charge is 0.478 e. The average molecular weight is 292 g/mol. The molecule has 1 aliphatic rings. The summed E-state index contributed by atoms with van der Waals surface area (Å²) in [4.78, 5) is 8.37. The number of guanidine groups is 1. The van der Waals surface area contributed by atoms with E-state index in [1.807, 2.05) is 19.1 Å². The highest BCUT2D eigenvalue weighted by atomic mass is 16.5. The van der Waals surface area contributed by atoms with Crippen molar-refractivity contribution >= 4 is 5.96 Å². The van der Waals surface area contributed by atoms with Crippen LogP contribution < -0.4 is 15.4 Å². The Bertz CT molecular complexity index is 459. The zero-order chi connectivity index (χ0) is 14.9. The lowest BCUT2D eigenvalue weighted by Crippen LogP contribution is -2.40. The van der Waals surface area contributed by atoms with Crippen LogP contribution in [0.1, 0.15) is 25.3 Å². The Morgan fingerprint density at radius 2 is 2.43 bits per heavy atom. The number of ether oxygens (including phenoxy) is 2. The molecule has 2 rings (SSSR count). The molecule has 0 aliphatic carbocycles. The number of hydrogen-bond donors (Lipinski definition) is 2. The van der Waals surface area contributed by atoms with Gasteiger partial charge in [0.25, 0.3) is 0 Å². The predicted octanol–water partition coefficient (Wildman–Crippen LogP) is 1.32. The summed E-state index contributed by atoms with van der Waals surface area (Å²) in [5, 5.41) is 6.57. The molecule has 1 unspecified atom stereocenters. The summed E-state index contributed by atoms with van der Waals surface area (Å²) < 4.78 is 11.0. The molecule has 21 heavy (non-hydrogen) atoms. The fourth-order valence-electron chi connectivity index (χ4n) is 2.21. The summed E-state index contributed by atoms with van der Waals surface area (Å²) in [7, 11) is 1.77. The molecule has 0 bridgehead atoms. The van der Waals surface area contributed by atoms with Gasteiger partial charge in [0.2, 0.25) is 5.88 Å². The minimum Gasteiger partial charge on any atom is -0.478 e. The van der Waals surface area contributed by atoms with Crippen LogP contribution in [0.5, 0.6) is 5.88 Å². The van der Waals surface area contributed by atoms with E-state index in [2.05, 4.69) is 20.6 Å². The molecular formula is C15H24N4O2. The van der Waals surface area contributed by atoms with Crippen molar-refractivity contribution in [3.8, 4) is 5.88 Å². The number of hydrogen-bond acceptors (Lipinski definition) is 4. The van der Waals surface area contributed by atoms with E-state index in [1.54, 1.807) is 13.2 Å². The van der Waals surface area contributed by atoms with Crippen LogP contribution in [-0.4, -0.2) is 43.9 Å². The molecule has 1 aromatic rings. The summed E-state index contributed by atoms with van der Waals surface area (Å²) in [5.41, 5.74) is 1.11. The van der Waals surface area contributed by atoms with Crippen LogP contribution in [0.15, 0.2) is 23.3 Å². The number of nitrogens with one attached hydrogen (secondary N) is 2. The molecule has 0 aromatic carbocycles. The molecular weight excluding hydrogens is 268 g/mol. The molecule has 0 amide bonds. The molecule has 6 heteroatoms. The smallest absolute Gasteiger partial charge is 0.213 e. The lowest BCUT2D eigenvalue weighted by atomic mass is 10.2. The Morgan fingerprint density at radius 3 is 3.14 bits per heavy atom. The molecule has 116 valence electrons. The maximum absolute atomic E-state index is 5.58. The minimum absolute atomic E-state index is 0.300. The highest BCUT2D eigenvalue weighted by Gasteiger charge is 2.15. The van der Waals surface area contributed by atoms with E-state index in [1.165, 1.54) is 0 Å². The lowest BCUT2D eigenvalue weighted by molar-refractivity contribution is 0.114. The van der Waals surface area contributed by atoms with Crippen molar-refractivity contribution in [1.29, 1.82) is 0 Å². The first kappa shape index (κ1) is 15.6. The Labute approximate surface area is 126 Å². The third kappa shape index (κ3) is 5.23. The number of aliphatic imine (C=N–C) groups is 1. The topological polar surface area (TPSA) is 67.8 Å². The SMILES string of the molecule is CCOc1cc(CNC(=NC)NCC2CCCO2)ccn1. The van der Waals surface area contributed by atoms with Crippen molar-refractivity contribution in [2.45, 2.75) is 32.4 Å². The molecule has 6 nitrogen and oxygen atoms in total. The van der Waals surface area contributed by atoms with Gasteiger partial charge in [0, 0.05) is 39.0 Å². The van der Waals surface area contributed by atoms with Crippen molar-refractivity contribution in [3.63, 3.8) is 0 Å². The second-order valence-corrected chi connectivity index (χ2v) is 4.88. The van der Waals surface area contributed by atoms with Gasteiger partial charge in [0.05, 0.1) is 12.7 Å². The summed E-state index contributed by atoms with van der Waals surface area (Å²) in [5.74, 6) is 1.43. The van der Waals surface area contributed by atoms with Gasteiger partial charge in [0.1, 0.15) is 0 Å². The van der Waals surface area contributed by atoms with Crippen LogP contribution in [-0.2, 0) is 11.3 Å². The monoisotopic (exact) mass is 292 g/mol. The van der Waals surface area contributed by atoms with E-state index in [0.717, 1.165) is 37.5 Å². The van der Waals surface area contributed by atoms with Gasteiger partial charge in [-0.15, -0.1) is 0 Å². The zero-order valence-corrected chi connectivity index (χ0v) is 12.8. The number of rotatable bonds is 6. The molecule has 1 atom stereocenters. The predicted molar refractivity (Wildman–Crippen MR) is 82.6 cm³/mol. The van der Waals surface area contributed by atoms with Crippen molar-refractivity contribution in [2.75, 3.05) is 26.8 Å². The van der Waals surface area contributed by atoms with Gasteiger partial charge >= 0.3 is 0 Å². The van der Waals surface area contributed by atoms with E-state index < -0.39 is 0 Å². The van der Waals surface area contributed by atoms with Crippen LogP contribution in [0, 0.1) is 0 Å². The average Bonchev–Trinajstić information content (AvgIpc) is 3.01. The van der Waals surface area contributed by atoms with Crippen molar-refractivity contribution in [1.82, 2.24) is 15.6 Å². The van der Waals surface area contributed by atoms with E-state index in [-0.39, 0.29) is 0 Å². The molecule has 1 saturated heterocycles. The minimum atomic E-state index is 0.300. The molecule has 0 radical (unpaired) electrons. The highest BCUT2D eigenvalue weighted by molar-refractivity contribution is 5.79. The fourth-order valence-corrected chi connectivity index (χ4v) is 2.21. The third-order valence-electron chi connectivity index (χ3n) is 3.30. The maximum atomic E-state index is 5.58. The van der Waals surface area contributed by atoms with E-state index >= 15 is 0 Å². The van der Waals surface area contributed by atoms with Crippen molar-refractivity contribution < 1.29 is 9.47 Å². The third-order valence-corrected chi connectivity index (χ3v) is 3.30. The fraction of sp³-hybridized carbons (Fsp3) is 0.600. The highest BCUT2D eigenvalue weighted by Crippen LogP contribution is 2.11. The molecule has 0 saturated carbocycles. The van der Waals surface area contributed by atoms with E-state index in [9.17, 15) is 0 Å². The van der Waals surface area contributed by atoms with Gasteiger partial charge in [0.15, 0.2) is 5.96 Å². The summed E-state index contributed by atoms with van der Waals surface area (Å²) >= 11 is 0. The lowest BCUT2D eigenvalue weighted by Gasteiger charge is -2.15. The Kier molecular flexibility index (Phi) is 6.27. The first-order valence-corrected chi connectivity index (χ1v) is 7.45. The van der Waals surface area contributed by atoms with Gasteiger partial charge in [-0.25, -0.2) is 4.98 Å². The second-order valence-electron chi connectivity index (χ2n) is 4.88. The van der Waals surface area contributed by atoms with Crippen LogP contribution in [0.4, 0.5) is 0 Å². The van der Waals surface area contributed by atoms with Crippen molar-refractivity contribution in [2.24, 2.45) is 4.99 Å². The quantitative estimate of drug-likeness (QED) is 0.611. The van der Waals surface area contributed by atoms with Gasteiger partial charge < -0.3 is 20.1 Å². The maximum Gasteiger partial charge on any atom is 0.213 e. The molecule has 2 heterocycles. The van der Waals surface area contributed by atoms with Crippen LogP contribution in [0.2, 0.25) is 0 Å². The first-order chi connectivity index (χ1) is 10.3. The van der Waals surface area contributed by atoms with Gasteiger partial charge in [-0.1, -0.05) is 0 Å². The summed E-state index contributed by atoms with van der Waals surface area (Å²) in [6.07, 6.45) is 4.32. The van der Waals surface area contributed by atoms with Crippen LogP contribution >= 0.6 is 0 Å². The normalized spacial score (nSPS) is 18.6. The summed E-state index contributed by atoms with van der Waals surface area (Å²) in [6.45, 7) is 4.90. The van der Waals surface area contributed by atoms with Crippen molar-refractivity contribution in [3.05, 3.63) is 23.9 Å². The first-order valence-electron chi connectivity index (χ1n) is 7.45. The molecule has 2 N–H and O–H groups in total. The van der Waals surface area contributed by atoms with Crippen LogP contribution in [0.3, 0.4) is 0 Å². The molecule has 1 aromatic heterocycles. The van der Waals surface area contributed by atoms with Gasteiger partial charge in [-0.05, 0) is 31.4 Å². The zero-order valence-electron chi connectivity index (χ0n) is 12.8. The number of pyridine rings is 1. The molecule has 0 spiro atoms. The number of aromatic nitrogens is 1. The Morgan fingerprint density at radius 1 is 1.52 bits per heavy atom. The standard InChI is InChI=1S/C15H24N4O2/c1-3-20-14-9-12(6-7-17-14)10-18-15(16-2)19-11-13-5-4-8-21-13/h6-7,9,13H,3-5,8,10-11H2,1-2H3,(H2,16,18,19). The van der Waals surface area contributed by atoms with E-state index in [4.69, 9.17) is 9.47 Å². The Hall–Kier alpha value is -1.82. The molecule has 1 fully saturated rings. The second kappa shape index (κ2) is 8.46. The number of nitrogens with zero attached hydrogens (tertiary/aromatic N) is 2. The summed E-state index contributed by atoms with van der Waals surface area (Å²) in [6, 6.07) is 3.90. The van der Waals surface area contributed by atoms with Crippen LogP contribution in [0.25, 0.3) is 0 Å². The molecule has 1 aliphatic heterocycles. The van der Waals surface area contributed by atoms with Gasteiger partial charge in [-0.2, -0.15) is 0 Å². The van der Waals surface area contributed by atoms with Gasteiger partial charge in [-0.3, -0.25) is 4.99 Å². The Balaban J connectivity index is 1.78. The van der Waals surface area contributed by atoms with E-state index in [0.29, 0.717) is 25.1 Å².